The van der Waals surface area contributed by atoms with Crippen LogP contribution in [0.15, 0.2) is 30.3 Å². The molecule has 128 valence electrons. The lowest BCUT2D eigenvalue weighted by atomic mass is 10.1. The topological polar surface area (TPSA) is 94.3 Å². The van der Waals surface area contributed by atoms with Gasteiger partial charge in [0.1, 0.15) is 17.1 Å². The number of hydrogen-bond acceptors (Lipinski definition) is 5. The second-order valence-electron chi connectivity index (χ2n) is 5.23. The first-order chi connectivity index (χ1) is 11.9. The Morgan fingerprint density at radius 2 is 2.04 bits per heavy atom. The summed E-state index contributed by atoms with van der Waals surface area (Å²) in [5.41, 5.74) is 6.22. The first-order valence-corrected chi connectivity index (χ1v) is 8.07. The molecule has 25 heavy (non-hydrogen) atoms. The minimum Gasteiger partial charge on any atom is -0.496 e. The van der Waals surface area contributed by atoms with Crippen LogP contribution in [0.5, 0.6) is 5.75 Å². The van der Waals surface area contributed by atoms with Crippen LogP contribution in [-0.2, 0) is 0 Å². The van der Waals surface area contributed by atoms with Gasteiger partial charge in [-0.15, -0.1) is 11.3 Å². The maximum Gasteiger partial charge on any atom is 0.260 e. The van der Waals surface area contributed by atoms with Gasteiger partial charge < -0.3 is 15.8 Å². The van der Waals surface area contributed by atoms with Crippen molar-refractivity contribution in [3.8, 4) is 5.75 Å². The molecule has 2 aromatic carbocycles. The normalized spacial score (nSPS) is 10.7. The lowest BCUT2D eigenvalue weighted by molar-refractivity contribution is 0.100. The summed E-state index contributed by atoms with van der Waals surface area (Å²) >= 11 is 1.34. The van der Waals surface area contributed by atoms with Gasteiger partial charge in [-0.05, 0) is 37.3 Å². The van der Waals surface area contributed by atoms with Crippen molar-refractivity contribution < 1.29 is 18.7 Å². The first-order valence-electron chi connectivity index (χ1n) is 7.25. The summed E-state index contributed by atoms with van der Waals surface area (Å²) in [6.45, 7) is 1.83. The lowest BCUT2D eigenvalue weighted by Gasteiger charge is -2.12. The molecule has 0 aliphatic rings. The number of carbonyl (C=O) groups excluding carboxylic acids is 2. The molecule has 0 bridgehead atoms. The second kappa shape index (κ2) is 6.48. The number of hydrogen-bond donors (Lipinski definition) is 2. The van der Waals surface area contributed by atoms with Gasteiger partial charge in [-0.3, -0.25) is 9.59 Å². The Labute approximate surface area is 146 Å². The van der Waals surface area contributed by atoms with E-state index < -0.39 is 17.6 Å². The summed E-state index contributed by atoms with van der Waals surface area (Å²) in [4.78, 5) is 28.7. The van der Waals surface area contributed by atoms with E-state index in [1.807, 2.05) is 6.92 Å². The molecule has 1 heterocycles. The number of rotatable bonds is 4. The van der Waals surface area contributed by atoms with E-state index in [4.69, 9.17) is 10.5 Å². The number of methoxy groups -OCH3 is 1. The van der Waals surface area contributed by atoms with E-state index in [1.165, 1.54) is 24.5 Å². The lowest BCUT2D eigenvalue weighted by Crippen LogP contribution is -2.19. The van der Waals surface area contributed by atoms with Crippen LogP contribution in [-0.4, -0.2) is 23.9 Å². The Kier molecular flexibility index (Phi) is 4.37. The van der Waals surface area contributed by atoms with Crippen molar-refractivity contribution in [3.63, 3.8) is 0 Å². The minimum absolute atomic E-state index is 0.00204. The Morgan fingerprint density at radius 3 is 2.72 bits per heavy atom. The number of aromatic nitrogens is 1. The van der Waals surface area contributed by atoms with Crippen molar-refractivity contribution in [1.82, 2.24) is 4.98 Å². The van der Waals surface area contributed by atoms with Gasteiger partial charge in [-0.1, -0.05) is 0 Å². The van der Waals surface area contributed by atoms with Gasteiger partial charge in [0.2, 0.25) is 0 Å². The smallest absolute Gasteiger partial charge is 0.260 e. The van der Waals surface area contributed by atoms with Gasteiger partial charge in [0.05, 0.1) is 33.6 Å². The monoisotopic (exact) mass is 359 g/mol. The third kappa shape index (κ3) is 3.16. The number of thiazole rings is 1. The van der Waals surface area contributed by atoms with Crippen molar-refractivity contribution in [2.45, 2.75) is 6.92 Å². The standard InChI is InChI=1S/C17H14FN3O3S/c1-8-20-11-5-6-13(24-2)14(15(11)25-8)17(23)21-12-7-9(18)3-4-10(12)16(19)22/h3-7H,1-2H3,(H2,19,22)(H,21,23). The van der Waals surface area contributed by atoms with Crippen LogP contribution in [0.1, 0.15) is 25.7 Å². The van der Waals surface area contributed by atoms with Gasteiger partial charge in [0, 0.05) is 0 Å². The molecule has 0 fully saturated rings. The molecule has 1 aromatic heterocycles. The summed E-state index contributed by atoms with van der Waals surface area (Å²) in [7, 11) is 1.45. The summed E-state index contributed by atoms with van der Waals surface area (Å²) in [5, 5.41) is 3.34. The van der Waals surface area contributed by atoms with Crippen LogP contribution in [0.2, 0.25) is 0 Å². The summed E-state index contributed by atoms with van der Waals surface area (Å²) in [6, 6.07) is 6.76. The predicted octanol–water partition coefficient (Wildman–Crippen LogP) is 3.10. The molecule has 8 heteroatoms. The Bertz CT molecular complexity index is 1000. The fourth-order valence-electron chi connectivity index (χ4n) is 2.49. The molecule has 2 amide bonds. The second-order valence-corrected chi connectivity index (χ2v) is 6.44. The zero-order valence-electron chi connectivity index (χ0n) is 13.4. The number of carbonyl (C=O) groups is 2. The number of aryl methyl sites for hydroxylation is 1. The summed E-state index contributed by atoms with van der Waals surface area (Å²) in [5.74, 6) is -1.56. The predicted molar refractivity (Wildman–Crippen MR) is 93.8 cm³/mol. The first kappa shape index (κ1) is 16.8. The molecule has 0 aliphatic heterocycles. The van der Waals surface area contributed by atoms with E-state index in [0.29, 0.717) is 16.0 Å². The molecular weight excluding hydrogens is 345 g/mol. The van der Waals surface area contributed by atoms with E-state index >= 15 is 0 Å². The van der Waals surface area contributed by atoms with Crippen LogP contribution < -0.4 is 15.8 Å². The maximum atomic E-state index is 13.5. The molecule has 3 N–H and O–H groups in total. The van der Waals surface area contributed by atoms with Gasteiger partial charge in [-0.25, -0.2) is 9.37 Å². The molecule has 0 saturated carbocycles. The SMILES string of the molecule is COc1ccc2nc(C)sc2c1C(=O)Nc1cc(F)ccc1C(N)=O. The quantitative estimate of drug-likeness (QED) is 0.748. The molecule has 0 unspecified atom stereocenters. The van der Waals surface area contributed by atoms with Gasteiger partial charge in [0.15, 0.2) is 0 Å². The molecule has 0 atom stereocenters. The third-order valence-corrected chi connectivity index (χ3v) is 4.57. The largest absolute Gasteiger partial charge is 0.496 e. The van der Waals surface area contributed by atoms with Crippen LogP contribution >= 0.6 is 11.3 Å². The highest BCUT2D eigenvalue weighted by atomic mass is 32.1. The molecule has 3 rings (SSSR count). The van der Waals surface area contributed by atoms with E-state index in [1.54, 1.807) is 12.1 Å². The van der Waals surface area contributed by atoms with Crippen molar-refractivity contribution in [1.29, 1.82) is 0 Å². The molecule has 0 aliphatic carbocycles. The average molecular weight is 359 g/mol. The molecular formula is C17H14FN3O3S. The fourth-order valence-corrected chi connectivity index (χ4v) is 3.44. The average Bonchev–Trinajstić information content (AvgIpc) is 2.93. The van der Waals surface area contributed by atoms with Crippen LogP contribution in [0.25, 0.3) is 10.2 Å². The highest BCUT2D eigenvalue weighted by molar-refractivity contribution is 7.19. The number of fused-ring (bicyclic) bond motifs is 1. The van der Waals surface area contributed by atoms with Crippen LogP contribution in [0.3, 0.4) is 0 Å². The molecule has 6 nitrogen and oxygen atoms in total. The number of primary amides is 1. The minimum atomic E-state index is -0.769. The number of benzene rings is 2. The number of amides is 2. The maximum absolute atomic E-state index is 13.5. The van der Waals surface area contributed by atoms with Crippen molar-refractivity contribution in [2.24, 2.45) is 5.73 Å². The van der Waals surface area contributed by atoms with Crippen LogP contribution in [0, 0.1) is 12.7 Å². The summed E-state index contributed by atoms with van der Waals surface area (Å²) < 4.78 is 19.4. The fraction of sp³-hybridized carbons (Fsp3) is 0.118. The van der Waals surface area contributed by atoms with Crippen molar-refractivity contribution >= 4 is 39.1 Å². The van der Waals surface area contributed by atoms with E-state index in [9.17, 15) is 14.0 Å². The molecule has 0 radical (unpaired) electrons. The Hall–Kier alpha value is -3.00. The molecule has 3 aromatic rings. The summed E-state index contributed by atoms with van der Waals surface area (Å²) in [6.07, 6.45) is 0. The van der Waals surface area contributed by atoms with Crippen molar-refractivity contribution in [2.75, 3.05) is 12.4 Å². The van der Waals surface area contributed by atoms with E-state index in [-0.39, 0.29) is 16.8 Å². The number of ether oxygens (including phenoxy) is 1. The number of halogens is 1. The van der Waals surface area contributed by atoms with E-state index in [0.717, 1.165) is 17.1 Å². The highest BCUT2D eigenvalue weighted by Crippen LogP contribution is 2.33. The van der Waals surface area contributed by atoms with Gasteiger partial charge >= 0.3 is 0 Å². The molecule has 0 saturated heterocycles. The number of nitrogens with zero attached hydrogens (tertiary/aromatic N) is 1. The van der Waals surface area contributed by atoms with Gasteiger partial charge in [-0.2, -0.15) is 0 Å². The molecule has 0 spiro atoms. The van der Waals surface area contributed by atoms with E-state index in [2.05, 4.69) is 10.3 Å². The van der Waals surface area contributed by atoms with Crippen LogP contribution in [0.4, 0.5) is 10.1 Å². The number of nitrogens with two attached hydrogens (primary N) is 1. The Balaban J connectivity index is 2.09. The van der Waals surface area contributed by atoms with Crippen molar-refractivity contribution in [3.05, 3.63) is 52.3 Å². The van der Waals surface area contributed by atoms with Gasteiger partial charge in [0.25, 0.3) is 11.8 Å². The third-order valence-electron chi connectivity index (χ3n) is 3.57. The zero-order chi connectivity index (χ0) is 18.1. The Morgan fingerprint density at radius 1 is 1.28 bits per heavy atom. The highest BCUT2D eigenvalue weighted by Gasteiger charge is 2.21. The number of anilines is 1. The zero-order valence-corrected chi connectivity index (χ0v) is 14.2. The number of nitrogens with one attached hydrogen (secondary N) is 1.